The molecule has 33 heavy (non-hydrogen) atoms. The maximum Gasteiger partial charge on any atom is 0.357 e. The molecule has 6 nitrogen and oxygen atoms in total. The molecule has 0 atom stereocenters. The van der Waals surface area contributed by atoms with E-state index in [9.17, 15) is 9.59 Å². The summed E-state index contributed by atoms with van der Waals surface area (Å²) in [5, 5.41) is 0.697. The number of aryl methyl sites for hydroxylation is 1. The second-order valence-corrected chi connectivity index (χ2v) is 8.33. The van der Waals surface area contributed by atoms with E-state index in [0.717, 1.165) is 41.8 Å². The molecule has 7 heteroatoms. The van der Waals surface area contributed by atoms with Crippen LogP contribution in [0.1, 0.15) is 58.9 Å². The van der Waals surface area contributed by atoms with E-state index < -0.39 is 0 Å². The summed E-state index contributed by atoms with van der Waals surface area (Å²) < 4.78 is 12.2. The number of methoxy groups -OCH3 is 1. The van der Waals surface area contributed by atoms with E-state index in [4.69, 9.17) is 14.5 Å². The van der Waals surface area contributed by atoms with Crippen molar-refractivity contribution in [2.24, 2.45) is 0 Å². The lowest BCUT2D eigenvalue weighted by Gasteiger charge is -2.13. The molecule has 0 N–H and O–H groups in total. The highest BCUT2D eigenvalue weighted by Crippen LogP contribution is 2.27. The highest BCUT2D eigenvalue weighted by atomic mass is 32.2. The van der Waals surface area contributed by atoms with E-state index in [0.29, 0.717) is 29.4 Å². The van der Waals surface area contributed by atoms with Crippen molar-refractivity contribution >= 4 is 23.7 Å². The molecule has 0 amide bonds. The summed E-state index contributed by atoms with van der Waals surface area (Å²) in [6, 6.07) is 15.4. The number of unbranched alkanes of at least 4 members (excludes halogenated alkanes) is 1. The molecule has 0 spiro atoms. The van der Waals surface area contributed by atoms with E-state index in [1.807, 2.05) is 53.3 Å². The zero-order valence-corrected chi connectivity index (χ0v) is 20.4. The summed E-state index contributed by atoms with van der Waals surface area (Å²) in [6.07, 6.45) is 4.77. The van der Waals surface area contributed by atoms with Crippen molar-refractivity contribution in [3.63, 3.8) is 0 Å². The lowest BCUT2D eigenvalue weighted by molar-refractivity contribution is 0.0508. The second-order valence-electron chi connectivity index (χ2n) is 7.53. The van der Waals surface area contributed by atoms with Gasteiger partial charge in [0.2, 0.25) is 0 Å². The van der Waals surface area contributed by atoms with E-state index in [1.54, 1.807) is 13.0 Å². The van der Waals surface area contributed by atoms with E-state index in [2.05, 4.69) is 6.92 Å². The van der Waals surface area contributed by atoms with Crippen LogP contribution >= 0.6 is 11.8 Å². The molecule has 1 aromatic heterocycles. The molecule has 0 fully saturated rings. The molecule has 3 rings (SSSR count). The number of benzene rings is 2. The maximum atomic E-state index is 12.8. The van der Waals surface area contributed by atoms with Crippen molar-refractivity contribution in [3.8, 4) is 11.1 Å². The summed E-state index contributed by atoms with van der Waals surface area (Å²) in [7, 11) is 1.38. The summed E-state index contributed by atoms with van der Waals surface area (Å²) in [4.78, 5) is 29.6. The van der Waals surface area contributed by atoms with Crippen LogP contribution in [0.2, 0.25) is 0 Å². The molecule has 0 saturated carbocycles. The number of nitrogens with zero attached hydrogens (tertiary/aromatic N) is 2. The average molecular weight is 467 g/mol. The topological polar surface area (TPSA) is 70.4 Å². The minimum atomic E-state index is -0.364. The lowest BCUT2D eigenvalue weighted by Crippen LogP contribution is -2.16. The largest absolute Gasteiger partial charge is 0.465 e. The Morgan fingerprint density at radius 1 is 1.03 bits per heavy atom. The van der Waals surface area contributed by atoms with Gasteiger partial charge in [0.15, 0.2) is 5.69 Å². The van der Waals surface area contributed by atoms with E-state index in [-0.39, 0.29) is 11.9 Å². The molecule has 0 unspecified atom stereocenters. The van der Waals surface area contributed by atoms with Crippen LogP contribution in [0.3, 0.4) is 0 Å². The van der Waals surface area contributed by atoms with Crippen LogP contribution in [0.4, 0.5) is 0 Å². The summed E-state index contributed by atoms with van der Waals surface area (Å²) in [5.74, 6) is 0.183. The zero-order valence-electron chi connectivity index (χ0n) is 19.6. The molecule has 0 saturated heterocycles. The van der Waals surface area contributed by atoms with Crippen molar-refractivity contribution in [1.29, 1.82) is 0 Å². The van der Waals surface area contributed by atoms with Crippen LogP contribution in [0.25, 0.3) is 11.1 Å². The number of hydrogen-bond acceptors (Lipinski definition) is 6. The standard InChI is InChI=1S/C26H30N2O4S/c1-5-7-12-22-27-24(33-4)23(26(30)32-6-2)28(22)17-18-13-15-19(16-14-18)20-10-8-9-11-21(20)25(29)31-3/h8-11,13-16H,5-7,12,17H2,1-4H3. The first kappa shape index (κ1) is 24.6. The Bertz CT molecular complexity index is 1110. The van der Waals surface area contributed by atoms with Gasteiger partial charge in [-0.15, -0.1) is 11.8 Å². The van der Waals surface area contributed by atoms with Gasteiger partial charge in [-0.25, -0.2) is 14.6 Å². The number of carbonyl (C=O) groups excluding carboxylic acids is 2. The van der Waals surface area contributed by atoms with Crippen LogP contribution in [-0.4, -0.2) is 41.5 Å². The first-order chi connectivity index (χ1) is 16.0. The molecule has 1 heterocycles. The Morgan fingerprint density at radius 2 is 1.76 bits per heavy atom. The summed E-state index contributed by atoms with van der Waals surface area (Å²) >= 11 is 1.46. The number of hydrogen-bond donors (Lipinski definition) is 0. The van der Waals surface area contributed by atoms with Crippen LogP contribution in [0.5, 0.6) is 0 Å². The van der Waals surface area contributed by atoms with Gasteiger partial charge in [-0.05, 0) is 42.4 Å². The third kappa shape index (κ3) is 5.66. The van der Waals surface area contributed by atoms with Crippen LogP contribution in [-0.2, 0) is 22.4 Å². The van der Waals surface area contributed by atoms with Gasteiger partial charge in [0.05, 0.1) is 19.3 Å². The van der Waals surface area contributed by atoms with Gasteiger partial charge in [0.25, 0.3) is 0 Å². The van der Waals surface area contributed by atoms with E-state index >= 15 is 0 Å². The van der Waals surface area contributed by atoms with Crippen molar-refractivity contribution < 1.29 is 19.1 Å². The Labute approximate surface area is 199 Å². The Balaban J connectivity index is 1.96. The first-order valence-electron chi connectivity index (χ1n) is 11.1. The molecule has 0 aliphatic rings. The Kier molecular flexibility index (Phi) is 8.72. The van der Waals surface area contributed by atoms with Gasteiger partial charge in [-0.3, -0.25) is 0 Å². The first-order valence-corrected chi connectivity index (χ1v) is 12.3. The van der Waals surface area contributed by atoms with Crippen molar-refractivity contribution in [2.75, 3.05) is 20.0 Å². The van der Waals surface area contributed by atoms with Gasteiger partial charge in [-0.1, -0.05) is 55.8 Å². The van der Waals surface area contributed by atoms with Gasteiger partial charge < -0.3 is 14.0 Å². The average Bonchev–Trinajstić information content (AvgIpc) is 3.20. The number of thioether (sulfide) groups is 1. The molecule has 0 aliphatic heterocycles. The Hall–Kier alpha value is -3.06. The molecule has 0 radical (unpaired) electrons. The third-order valence-electron chi connectivity index (χ3n) is 5.37. The minimum absolute atomic E-state index is 0.316. The smallest absolute Gasteiger partial charge is 0.357 e. The quantitative estimate of drug-likeness (QED) is 0.285. The lowest BCUT2D eigenvalue weighted by atomic mass is 9.98. The molecule has 2 aromatic carbocycles. The highest BCUT2D eigenvalue weighted by molar-refractivity contribution is 7.98. The fourth-order valence-electron chi connectivity index (χ4n) is 3.71. The number of imidazole rings is 1. The summed E-state index contributed by atoms with van der Waals surface area (Å²) in [5.41, 5.74) is 3.81. The fourth-order valence-corrected chi connectivity index (χ4v) is 4.29. The zero-order chi connectivity index (χ0) is 23.8. The molecule has 3 aromatic rings. The molecule has 0 aliphatic carbocycles. The van der Waals surface area contributed by atoms with Crippen molar-refractivity contribution in [2.45, 2.75) is 44.7 Å². The number of esters is 2. The predicted octanol–water partition coefficient (Wildman–Crippen LogP) is 5.63. The van der Waals surface area contributed by atoms with Crippen molar-refractivity contribution in [1.82, 2.24) is 9.55 Å². The van der Waals surface area contributed by atoms with Gasteiger partial charge >= 0.3 is 11.9 Å². The number of rotatable bonds is 10. The number of carbonyl (C=O) groups is 2. The third-order valence-corrected chi connectivity index (χ3v) is 6.04. The Morgan fingerprint density at radius 3 is 2.39 bits per heavy atom. The van der Waals surface area contributed by atoms with Gasteiger partial charge in [0.1, 0.15) is 10.9 Å². The number of ether oxygens (including phenoxy) is 2. The predicted molar refractivity (Wildman–Crippen MR) is 131 cm³/mol. The second kappa shape index (κ2) is 11.7. The maximum absolute atomic E-state index is 12.8. The molecule has 174 valence electrons. The molecule has 0 bridgehead atoms. The number of aromatic nitrogens is 2. The molecular formula is C26H30N2O4S. The monoisotopic (exact) mass is 466 g/mol. The van der Waals surface area contributed by atoms with Crippen LogP contribution in [0, 0.1) is 0 Å². The van der Waals surface area contributed by atoms with Crippen LogP contribution in [0.15, 0.2) is 53.6 Å². The highest BCUT2D eigenvalue weighted by Gasteiger charge is 2.24. The van der Waals surface area contributed by atoms with Gasteiger partial charge in [0, 0.05) is 13.0 Å². The van der Waals surface area contributed by atoms with Gasteiger partial charge in [-0.2, -0.15) is 0 Å². The normalized spacial score (nSPS) is 10.8. The SMILES string of the molecule is CCCCc1nc(SC)c(C(=O)OCC)n1Cc1ccc(-c2ccccc2C(=O)OC)cc1. The van der Waals surface area contributed by atoms with E-state index in [1.165, 1.54) is 18.9 Å². The minimum Gasteiger partial charge on any atom is -0.465 e. The molecular weight excluding hydrogens is 436 g/mol. The summed E-state index contributed by atoms with van der Waals surface area (Å²) in [6.45, 7) is 4.77. The van der Waals surface area contributed by atoms with Crippen LogP contribution < -0.4 is 0 Å². The fraction of sp³-hybridized carbons (Fsp3) is 0.346. The van der Waals surface area contributed by atoms with Crippen molar-refractivity contribution in [3.05, 3.63) is 71.2 Å².